The molecule has 1 saturated heterocycles. The Morgan fingerprint density at radius 2 is 2.00 bits per heavy atom. The molecular weight excluding hydrogens is 174 g/mol. The van der Waals surface area contributed by atoms with Gasteiger partial charge >= 0.3 is 0 Å². The first-order valence-corrected chi connectivity index (χ1v) is 5.19. The van der Waals surface area contributed by atoms with Crippen LogP contribution in [0.2, 0.25) is 0 Å². The Morgan fingerprint density at radius 1 is 1.29 bits per heavy atom. The molecule has 0 bridgehead atoms. The molecule has 2 nitrogen and oxygen atoms in total. The lowest BCUT2D eigenvalue weighted by Crippen LogP contribution is -2.41. The normalized spacial score (nSPS) is 27.6. The molecule has 0 unspecified atom stereocenters. The molecule has 1 aromatic rings. The average molecular weight is 191 g/mol. The van der Waals surface area contributed by atoms with E-state index in [-0.39, 0.29) is 6.10 Å². The number of rotatable bonds is 1. The van der Waals surface area contributed by atoms with E-state index >= 15 is 0 Å². The van der Waals surface area contributed by atoms with Crippen molar-refractivity contribution >= 4 is 0 Å². The lowest BCUT2D eigenvalue weighted by Gasteiger charge is -2.30. The van der Waals surface area contributed by atoms with Gasteiger partial charge in [0.25, 0.3) is 0 Å². The quantitative estimate of drug-likeness (QED) is 0.733. The van der Waals surface area contributed by atoms with Crippen molar-refractivity contribution < 1.29 is 4.74 Å². The fourth-order valence-electron chi connectivity index (χ4n) is 1.86. The first-order chi connectivity index (χ1) is 6.77. The van der Waals surface area contributed by atoms with E-state index in [0.717, 1.165) is 13.2 Å². The highest BCUT2D eigenvalue weighted by Crippen LogP contribution is 2.23. The highest BCUT2D eigenvalue weighted by atomic mass is 16.5. The lowest BCUT2D eigenvalue weighted by atomic mass is 10.0. The Hall–Kier alpha value is -0.860. The van der Waals surface area contributed by atoms with E-state index in [1.165, 1.54) is 11.1 Å². The van der Waals surface area contributed by atoms with Gasteiger partial charge in [-0.25, -0.2) is 0 Å². The summed E-state index contributed by atoms with van der Waals surface area (Å²) in [6.45, 7) is 6.04. The van der Waals surface area contributed by atoms with Gasteiger partial charge in [-0.2, -0.15) is 0 Å². The SMILES string of the molecule is Cc1ccc([C@@H]2OCCN[C@H]2C)cc1. The molecule has 2 rings (SSSR count). The van der Waals surface area contributed by atoms with Crippen LogP contribution in [0.5, 0.6) is 0 Å². The Bertz CT molecular complexity index is 294. The number of nitrogens with one attached hydrogen (secondary N) is 1. The number of hydrogen-bond donors (Lipinski definition) is 1. The molecule has 2 heteroatoms. The molecule has 1 aromatic carbocycles. The summed E-state index contributed by atoms with van der Waals surface area (Å²) in [4.78, 5) is 0. The molecule has 14 heavy (non-hydrogen) atoms. The van der Waals surface area contributed by atoms with E-state index in [1.807, 2.05) is 0 Å². The van der Waals surface area contributed by atoms with Gasteiger partial charge in [-0.3, -0.25) is 0 Å². The third kappa shape index (κ3) is 1.97. The van der Waals surface area contributed by atoms with Crippen LogP contribution in [0.15, 0.2) is 24.3 Å². The molecule has 1 aliphatic heterocycles. The monoisotopic (exact) mass is 191 g/mol. The van der Waals surface area contributed by atoms with Gasteiger partial charge in [-0.05, 0) is 19.4 Å². The molecule has 0 aliphatic carbocycles. The second-order valence-electron chi connectivity index (χ2n) is 3.94. The second-order valence-corrected chi connectivity index (χ2v) is 3.94. The van der Waals surface area contributed by atoms with Gasteiger partial charge in [0.1, 0.15) is 0 Å². The molecule has 1 N–H and O–H groups in total. The molecule has 0 spiro atoms. The topological polar surface area (TPSA) is 21.3 Å². The number of hydrogen-bond acceptors (Lipinski definition) is 2. The first kappa shape index (κ1) is 9.69. The van der Waals surface area contributed by atoms with Crippen LogP contribution in [0.4, 0.5) is 0 Å². The van der Waals surface area contributed by atoms with Gasteiger partial charge in [0, 0.05) is 12.6 Å². The average Bonchev–Trinajstić information content (AvgIpc) is 2.20. The van der Waals surface area contributed by atoms with Crippen LogP contribution < -0.4 is 5.32 Å². The summed E-state index contributed by atoms with van der Waals surface area (Å²) in [5, 5.41) is 3.42. The zero-order valence-electron chi connectivity index (χ0n) is 8.79. The van der Waals surface area contributed by atoms with Gasteiger partial charge in [0.15, 0.2) is 0 Å². The third-order valence-corrected chi connectivity index (χ3v) is 2.73. The maximum Gasteiger partial charge on any atom is 0.0975 e. The fraction of sp³-hybridized carbons (Fsp3) is 0.500. The number of aryl methyl sites for hydroxylation is 1. The first-order valence-electron chi connectivity index (χ1n) is 5.19. The molecule has 1 heterocycles. The highest BCUT2D eigenvalue weighted by Gasteiger charge is 2.22. The summed E-state index contributed by atoms with van der Waals surface area (Å²) in [7, 11) is 0. The van der Waals surface area contributed by atoms with Gasteiger partial charge in [0.2, 0.25) is 0 Å². The van der Waals surface area contributed by atoms with Gasteiger partial charge < -0.3 is 10.1 Å². The molecule has 0 amide bonds. The van der Waals surface area contributed by atoms with Gasteiger partial charge in [-0.15, -0.1) is 0 Å². The van der Waals surface area contributed by atoms with E-state index in [1.54, 1.807) is 0 Å². The van der Waals surface area contributed by atoms with Gasteiger partial charge in [0.05, 0.1) is 12.7 Å². The van der Waals surface area contributed by atoms with Crippen LogP contribution in [-0.2, 0) is 4.74 Å². The molecule has 0 aromatic heterocycles. The maximum atomic E-state index is 5.75. The summed E-state index contributed by atoms with van der Waals surface area (Å²) >= 11 is 0. The van der Waals surface area contributed by atoms with E-state index in [0.29, 0.717) is 6.04 Å². The van der Waals surface area contributed by atoms with E-state index < -0.39 is 0 Å². The summed E-state index contributed by atoms with van der Waals surface area (Å²) < 4.78 is 5.75. The summed E-state index contributed by atoms with van der Waals surface area (Å²) in [6, 6.07) is 9.00. The van der Waals surface area contributed by atoms with Crippen molar-refractivity contribution in [3.05, 3.63) is 35.4 Å². The minimum absolute atomic E-state index is 0.212. The number of benzene rings is 1. The number of ether oxygens (including phenoxy) is 1. The zero-order chi connectivity index (χ0) is 9.97. The van der Waals surface area contributed by atoms with Crippen LogP contribution in [0.1, 0.15) is 24.2 Å². The minimum atomic E-state index is 0.212. The predicted molar refractivity (Wildman–Crippen MR) is 57.3 cm³/mol. The Morgan fingerprint density at radius 3 is 2.64 bits per heavy atom. The second kappa shape index (κ2) is 4.11. The lowest BCUT2D eigenvalue weighted by molar-refractivity contribution is -0.000227. The van der Waals surface area contributed by atoms with Crippen LogP contribution in [0, 0.1) is 6.92 Å². The van der Waals surface area contributed by atoms with Crippen LogP contribution >= 0.6 is 0 Å². The zero-order valence-corrected chi connectivity index (χ0v) is 8.79. The summed E-state index contributed by atoms with van der Waals surface area (Å²) in [5.74, 6) is 0. The predicted octanol–water partition coefficient (Wildman–Crippen LogP) is 2.04. The Labute approximate surface area is 85.3 Å². The van der Waals surface area contributed by atoms with Crippen LogP contribution in [-0.4, -0.2) is 19.2 Å². The largest absolute Gasteiger partial charge is 0.371 e. The highest BCUT2D eigenvalue weighted by molar-refractivity contribution is 5.24. The molecule has 76 valence electrons. The molecule has 2 atom stereocenters. The summed E-state index contributed by atoms with van der Waals surface area (Å²) in [5.41, 5.74) is 2.57. The maximum absolute atomic E-state index is 5.75. The summed E-state index contributed by atoms with van der Waals surface area (Å²) in [6.07, 6.45) is 0.212. The van der Waals surface area contributed by atoms with E-state index in [9.17, 15) is 0 Å². The smallest absolute Gasteiger partial charge is 0.0975 e. The van der Waals surface area contributed by atoms with Crippen molar-refractivity contribution in [2.45, 2.75) is 26.0 Å². The van der Waals surface area contributed by atoms with Crippen LogP contribution in [0.25, 0.3) is 0 Å². The minimum Gasteiger partial charge on any atom is -0.371 e. The molecule has 1 aliphatic rings. The van der Waals surface area contributed by atoms with Crippen LogP contribution in [0.3, 0.4) is 0 Å². The van der Waals surface area contributed by atoms with Gasteiger partial charge in [-0.1, -0.05) is 29.8 Å². The van der Waals surface area contributed by atoms with Crippen molar-refractivity contribution in [3.63, 3.8) is 0 Å². The number of morpholine rings is 1. The molecule has 0 saturated carbocycles. The Kier molecular flexibility index (Phi) is 2.85. The third-order valence-electron chi connectivity index (χ3n) is 2.73. The Balaban J connectivity index is 2.16. The van der Waals surface area contributed by atoms with E-state index in [4.69, 9.17) is 4.74 Å². The van der Waals surface area contributed by atoms with Crippen molar-refractivity contribution in [2.75, 3.05) is 13.2 Å². The fourth-order valence-corrected chi connectivity index (χ4v) is 1.86. The molecular formula is C12H17NO. The van der Waals surface area contributed by atoms with Crippen molar-refractivity contribution in [1.82, 2.24) is 5.32 Å². The molecule has 1 fully saturated rings. The van der Waals surface area contributed by atoms with E-state index in [2.05, 4.69) is 43.4 Å². The van der Waals surface area contributed by atoms with Crippen molar-refractivity contribution in [2.24, 2.45) is 0 Å². The van der Waals surface area contributed by atoms with Crippen molar-refractivity contribution in [3.8, 4) is 0 Å². The van der Waals surface area contributed by atoms with Crippen molar-refractivity contribution in [1.29, 1.82) is 0 Å². The standard InChI is InChI=1S/C12H17NO/c1-9-3-5-11(6-4-9)12-10(2)13-7-8-14-12/h3-6,10,12-13H,7-8H2,1-2H3/t10-,12+/m0/s1. The molecule has 0 radical (unpaired) electrons.